The Bertz CT molecular complexity index is 521. The van der Waals surface area contributed by atoms with Crippen molar-refractivity contribution in [3.8, 4) is 0 Å². The van der Waals surface area contributed by atoms with E-state index in [2.05, 4.69) is 27.2 Å². The number of carbonyl (C=O) groups is 1. The van der Waals surface area contributed by atoms with E-state index in [4.69, 9.17) is 0 Å². The molecule has 0 bridgehead atoms. The second-order valence-electron chi connectivity index (χ2n) is 4.64. The third-order valence-electron chi connectivity index (χ3n) is 2.84. The van der Waals surface area contributed by atoms with Gasteiger partial charge in [-0.2, -0.15) is 5.10 Å². The number of amides is 1. The van der Waals surface area contributed by atoms with Crippen LogP contribution in [0.4, 0.5) is 0 Å². The second kappa shape index (κ2) is 7.81. The largest absolute Gasteiger partial charge is 0.355 e. The smallest absolute Gasteiger partial charge is 0.233 e. The van der Waals surface area contributed by atoms with Crippen molar-refractivity contribution in [1.82, 2.24) is 20.4 Å². The Morgan fingerprint density at radius 1 is 1.45 bits per heavy atom. The number of nitrogens with zero attached hydrogens (tertiary/aromatic N) is 2. The van der Waals surface area contributed by atoms with Crippen molar-refractivity contribution in [1.29, 1.82) is 0 Å². The molecule has 0 aliphatic heterocycles. The molecule has 0 unspecified atom stereocenters. The van der Waals surface area contributed by atoms with Crippen molar-refractivity contribution in [2.45, 2.75) is 19.9 Å². The molecule has 0 aromatic carbocycles. The van der Waals surface area contributed by atoms with E-state index in [1.807, 2.05) is 30.1 Å². The molecule has 108 valence electrons. The fraction of sp³-hybridized carbons (Fsp3) is 0.429. The van der Waals surface area contributed by atoms with Gasteiger partial charge in [0, 0.05) is 24.2 Å². The minimum Gasteiger partial charge on any atom is -0.355 e. The molecule has 6 heteroatoms. The zero-order valence-corrected chi connectivity index (χ0v) is 12.4. The van der Waals surface area contributed by atoms with Crippen LogP contribution in [0.15, 0.2) is 29.9 Å². The van der Waals surface area contributed by atoms with Gasteiger partial charge in [0.1, 0.15) is 0 Å². The van der Waals surface area contributed by atoms with E-state index < -0.39 is 0 Å². The van der Waals surface area contributed by atoms with Gasteiger partial charge in [-0.3, -0.25) is 9.48 Å². The lowest BCUT2D eigenvalue weighted by Crippen LogP contribution is -2.36. The highest BCUT2D eigenvalue weighted by Gasteiger charge is 2.01. The van der Waals surface area contributed by atoms with Gasteiger partial charge in [-0.15, -0.1) is 11.3 Å². The number of aromatic nitrogens is 2. The Hall–Kier alpha value is -1.66. The Kier molecular flexibility index (Phi) is 5.76. The van der Waals surface area contributed by atoms with Gasteiger partial charge in [0.15, 0.2) is 0 Å². The monoisotopic (exact) mass is 292 g/mol. The molecule has 0 aliphatic carbocycles. The molecular weight excluding hydrogens is 272 g/mol. The topological polar surface area (TPSA) is 59.0 Å². The lowest BCUT2D eigenvalue weighted by Gasteiger charge is -2.06. The molecule has 0 radical (unpaired) electrons. The number of nitrogens with one attached hydrogen (secondary N) is 2. The van der Waals surface area contributed by atoms with Gasteiger partial charge in [-0.25, -0.2) is 0 Å². The summed E-state index contributed by atoms with van der Waals surface area (Å²) in [7, 11) is 0. The summed E-state index contributed by atoms with van der Waals surface area (Å²) < 4.78 is 1.87. The van der Waals surface area contributed by atoms with E-state index in [9.17, 15) is 4.79 Å². The van der Waals surface area contributed by atoms with E-state index in [0.717, 1.165) is 25.1 Å². The maximum atomic E-state index is 11.6. The number of hydrogen-bond acceptors (Lipinski definition) is 4. The fourth-order valence-electron chi connectivity index (χ4n) is 1.83. The maximum absolute atomic E-state index is 11.6. The van der Waals surface area contributed by atoms with E-state index in [1.165, 1.54) is 4.88 Å². The molecule has 0 atom stereocenters. The number of rotatable bonds is 8. The van der Waals surface area contributed by atoms with Crippen molar-refractivity contribution < 1.29 is 4.79 Å². The summed E-state index contributed by atoms with van der Waals surface area (Å²) >= 11 is 1.72. The summed E-state index contributed by atoms with van der Waals surface area (Å²) in [5.41, 5.74) is 1.15. The number of carbonyl (C=O) groups excluding carboxylic acids is 1. The van der Waals surface area contributed by atoms with Crippen LogP contribution >= 0.6 is 11.3 Å². The number of thiophene rings is 1. The molecule has 2 rings (SSSR count). The molecule has 0 saturated carbocycles. The molecule has 2 aromatic rings. The van der Waals surface area contributed by atoms with Crippen molar-refractivity contribution in [2.24, 2.45) is 0 Å². The van der Waals surface area contributed by atoms with Crippen LogP contribution in [0.5, 0.6) is 0 Å². The fourth-order valence-corrected chi connectivity index (χ4v) is 2.54. The highest BCUT2D eigenvalue weighted by molar-refractivity contribution is 7.09. The third kappa shape index (κ3) is 5.14. The van der Waals surface area contributed by atoms with Crippen molar-refractivity contribution >= 4 is 17.2 Å². The van der Waals surface area contributed by atoms with Crippen LogP contribution < -0.4 is 10.6 Å². The van der Waals surface area contributed by atoms with Gasteiger partial charge in [0.05, 0.1) is 19.3 Å². The summed E-state index contributed by atoms with van der Waals surface area (Å²) in [6, 6.07) is 4.11. The predicted molar refractivity (Wildman–Crippen MR) is 80.9 cm³/mol. The zero-order chi connectivity index (χ0) is 14.2. The predicted octanol–water partition coefficient (Wildman–Crippen LogP) is 1.20. The molecule has 0 aliphatic rings. The normalized spacial score (nSPS) is 10.7. The molecule has 20 heavy (non-hydrogen) atoms. The van der Waals surface area contributed by atoms with Crippen molar-refractivity contribution in [3.63, 3.8) is 0 Å². The van der Waals surface area contributed by atoms with Crippen LogP contribution in [0.1, 0.15) is 10.4 Å². The van der Waals surface area contributed by atoms with Gasteiger partial charge in [0.2, 0.25) is 5.91 Å². The molecule has 1 amide bonds. The Morgan fingerprint density at radius 3 is 3.05 bits per heavy atom. The van der Waals surface area contributed by atoms with Crippen LogP contribution in [0.2, 0.25) is 0 Å². The van der Waals surface area contributed by atoms with Crippen molar-refractivity contribution in [2.75, 3.05) is 19.6 Å². The quantitative estimate of drug-likeness (QED) is 0.719. The summed E-state index contributed by atoms with van der Waals surface area (Å²) in [6.07, 6.45) is 4.72. The van der Waals surface area contributed by atoms with Crippen LogP contribution in [-0.2, 0) is 17.8 Å². The number of aryl methyl sites for hydroxylation is 1. The van der Waals surface area contributed by atoms with Crippen LogP contribution in [0.3, 0.4) is 0 Å². The first kappa shape index (κ1) is 14.7. The molecular formula is C14H20N4OS. The standard InChI is InChI=1S/C14H20N4OS/c1-12-9-17-18(11-12)7-6-15-10-14(19)16-5-4-13-3-2-8-20-13/h2-3,8-9,11,15H,4-7,10H2,1H3,(H,16,19). The van der Waals surface area contributed by atoms with E-state index in [-0.39, 0.29) is 5.91 Å². The van der Waals surface area contributed by atoms with E-state index in [1.54, 1.807) is 11.3 Å². The van der Waals surface area contributed by atoms with Gasteiger partial charge < -0.3 is 10.6 Å². The Morgan fingerprint density at radius 2 is 2.35 bits per heavy atom. The van der Waals surface area contributed by atoms with Crippen LogP contribution in [0.25, 0.3) is 0 Å². The van der Waals surface area contributed by atoms with Crippen LogP contribution in [-0.4, -0.2) is 35.3 Å². The summed E-state index contributed by atoms with van der Waals surface area (Å²) in [4.78, 5) is 12.9. The minimum atomic E-state index is 0.0400. The highest BCUT2D eigenvalue weighted by atomic mass is 32.1. The Balaban J connectivity index is 1.51. The first-order valence-electron chi connectivity index (χ1n) is 6.73. The van der Waals surface area contributed by atoms with Gasteiger partial charge in [-0.1, -0.05) is 6.07 Å². The number of hydrogen-bond donors (Lipinski definition) is 2. The third-order valence-corrected chi connectivity index (χ3v) is 3.78. The first-order chi connectivity index (χ1) is 9.74. The highest BCUT2D eigenvalue weighted by Crippen LogP contribution is 2.07. The van der Waals surface area contributed by atoms with E-state index >= 15 is 0 Å². The van der Waals surface area contributed by atoms with Gasteiger partial charge in [0.25, 0.3) is 0 Å². The molecule has 2 heterocycles. The lowest BCUT2D eigenvalue weighted by molar-refractivity contribution is -0.120. The molecule has 0 spiro atoms. The van der Waals surface area contributed by atoms with Gasteiger partial charge in [-0.05, 0) is 30.4 Å². The van der Waals surface area contributed by atoms with Gasteiger partial charge >= 0.3 is 0 Å². The lowest BCUT2D eigenvalue weighted by atomic mass is 10.3. The molecule has 2 aromatic heterocycles. The first-order valence-corrected chi connectivity index (χ1v) is 7.61. The van der Waals surface area contributed by atoms with Crippen LogP contribution in [0, 0.1) is 6.92 Å². The second-order valence-corrected chi connectivity index (χ2v) is 5.67. The molecule has 5 nitrogen and oxygen atoms in total. The SMILES string of the molecule is Cc1cnn(CCNCC(=O)NCCc2cccs2)c1. The summed E-state index contributed by atoms with van der Waals surface area (Å²) in [5, 5.41) is 12.3. The minimum absolute atomic E-state index is 0.0400. The average Bonchev–Trinajstić information content (AvgIpc) is 3.06. The van der Waals surface area contributed by atoms with Crippen molar-refractivity contribution in [3.05, 3.63) is 40.3 Å². The molecule has 0 fully saturated rings. The summed E-state index contributed by atoms with van der Waals surface area (Å²) in [5.74, 6) is 0.0400. The zero-order valence-electron chi connectivity index (χ0n) is 11.6. The Labute approximate surface area is 123 Å². The maximum Gasteiger partial charge on any atom is 0.233 e. The summed E-state index contributed by atoms with van der Waals surface area (Å²) in [6.45, 7) is 4.57. The average molecular weight is 292 g/mol. The van der Waals surface area contributed by atoms with E-state index in [0.29, 0.717) is 13.1 Å². The molecule has 2 N–H and O–H groups in total. The molecule has 0 saturated heterocycles.